The molecule has 2 nitrogen and oxygen atoms in total. The highest BCUT2D eigenvalue weighted by atomic mass is 32.2. The van der Waals surface area contributed by atoms with Gasteiger partial charge in [0.2, 0.25) is 0 Å². The number of benzene rings is 1. The summed E-state index contributed by atoms with van der Waals surface area (Å²) in [6.45, 7) is 6.24. The molecule has 15 heavy (non-hydrogen) atoms. The highest BCUT2D eigenvalue weighted by molar-refractivity contribution is 7.98. The van der Waals surface area contributed by atoms with Crippen molar-refractivity contribution in [1.82, 2.24) is 0 Å². The maximum Gasteiger partial charge on any atom is 0.152 e. The highest BCUT2D eigenvalue weighted by Gasteiger charge is 2.05. The molecule has 0 spiro atoms. The smallest absolute Gasteiger partial charge is 0.152 e. The van der Waals surface area contributed by atoms with E-state index in [1.54, 1.807) is 12.1 Å². The summed E-state index contributed by atoms with van der Waals surface area (Å²) in [6.07, 6.45) is 0.495. The van der Waals surface area contributed by atoms with Crippen molar-refractivity contribution >= 4 is 18.2 Å². The second-order valence-electron chi connectivity index (χ2n) is 3.87. The van der Waals surface area contributed by atoms with Crippen LogP contribution in [-0.2, 0) is 0 Å². The van der Waals surface area contributed by atoms with Gasteiger partial charge in [-0.1, -0.05) is 24.1 Å². The lowest BCUT2D eigenvalue weighted by atomic mass is 10.2. The molecule has 1 aromatic carbocycles. The zero-order chi connectivity index (χ0) is 11.9. The third-order valence-electron chi connectivity index (χ3n) is 1.39. The molecule has 0 aliphatic carbocycles. The summed E-state index contributed by atoms with van der Waals surface area (Å²) >= 11 is 1.38. The summed E-state index contributed by atoms with van der Waals surface area (Å²) in [7, 11) is 0. The van der Waals surface area contributed by atoms with Gasteiger partial charge in [0.25, 0.3) is 0 Å². The average molecular weight is 229 g/mol. The average Bonchev–Trinajstić information content (AvgIpc) is 2.18. The second kappa shape index (κ2) is 6.58. The lowest BCUT2D eigenvalue weighted by molar-refractivity contribution is 0.112. The van der Waals surface area contributed by atoms with Gasteiger partial charge >= 0.3 is 0 Å². The van der Waals surface area contributed by atoms with Crippen molar-refractivity contribution in [3.63, 3.8) is 0 Å². The van der Waals surface area contributed by atoms with Gasteiger partial charge in [0.05, 0.1) is 5.56 Å². The zero-order valence-corrected chi connectivity index (χ0v) is 9.98. The first kappa shape index (κ1) is 14.1. The fourth-order valence-corrected chi connectivity index (χ4v) is 0.571. The molecule has 0 heterocycles. The fraction of sp³-hybridized carbons (Fsp3) is 0.364. The third-order valence-corrected chi connectivity index (χ3v) is 2.09. The van der Waals surface area contributed by atoms with E-state index in [1.165, 1.54) is 24.1 Å². The predicted molar refractivity (Wildman–Crippen MR) is 63.3 cm³/mol. The molecule has 0 aromatic heterocycles. The molecular weight excluding hydrogens is 213 g/mol. The van der Waals surface area contributed by atoms with Gasteiger partial charge in [-0.25, -0.2) is 4.39 Å². The maximum absolute atomic E-state index is 12.4. The van der Waals surface area contributed by atoms with E-state index in [1.807, 2.05) is 0 Å². The molecule has 0 saturated carbocycles. The number of aldehydes is 1. The van der Waals surface area contributed by atoms with E-state index in [9.17, 15) is 9.18 Å². The first-order valence-corrected chi connectivity index (χ1v) is 5.36. The summed E-state index contributed by atoms with van der Waals surface area (Å²) in [5.74, 6) is -0.465. The standard InChI is InChI=1S/C7H5FO.C4H11NS/c8-7-4-2-1-3-6(7)5-9;1-4(2,3)6-5/h1-5H;5H2,1-3H3. The van der Waals surface area contributed by atoms with Crippen LogP contribution in [-0.4, -0.2) is 11.0 Å². The van der Waals surface area contributed by atoms with Gasteiger partial charge in [-0.15, -0.1) is 0 Å². The van der Waals surface area contributed by atoms with Gasteiger partial charge in [0, 0.05) is 4.75 Å². The number of nitrogens with two attached hydrogens (primary N) is 1. The van der Waals surface area contributed by atoms with E-state index in [0.717, 1.165) is 0 Å². The summed E-state index contributed by atoms with van der Waals surface area (Å²) in [4.78, 5) is 9.99. The molecule has 0 bridgehead atoms. The number of hydrogen-bond donors (Lipinski definition) is 1. The Morgan fingerprint density at radius 3 is 2.07 bits per heavy atom. The van der Waals surface area contributed by atoms with Crippen LogP contribution in [0, 0.1) is 5.82 Å². The lowest BCUT2D eigenvalue weighted by Crippen LogP contribution is -2.09. The Kier molecular flexibility index (Phi) is 6.20. The Labute approximate surface area is 94.2 Å². The first-order valence-electron chi connectivity index (χ1n) is 4.48. The summed E-state index contributed by atoms with van der Waals surface area (Å²) in [5, 5.41) is 5.22. The van der Waals surface area contributed by atoms with E-state index in [-0.39, 0.29) is 10.3 Å². The van der Waals surface area contributed by atoms with E-state index in [0.29, 0.717) is 6.29 Å². The molecule has 0 aliphatic heterocycles. The van der Waals surface area contributed by atoms with Crippen LogP contribution < -0.4 is 5.14 Å². The van der Waals surface area contributed by atoms with Gasteiger partial charge in [0.15, 0.2) is 6.29 Å². The fourth-order valence-electron chi connectivity index (χ4n) is 0.571. The van der Waals surface area contributed by atoms with Crippen LogP contribution in [0.3, 0.4) is 0 Å². The Bertz CT molecular complexity index is 310. The Hall–Kier alpha value is -0.870. The van der Waals surface area contributed by atoms with Crippen LogP contribution in [0.2, 0.25) is 0 Å². The second-order valence-corrected chi connectivity index (χ2v) is 5.33. The molecule has 84 valence electrons. The Balaban J connectivity index is 0.000000288. The number of carbonyl (C=O) groups excluding carboxylic acids is 1. The van der Waals surface area contributed by atoms with Crippen molar-refractivity contribution < 1.29 is 9.18 Å². The largest absolute Gasteiger partial charge is 0.298 e. The number of rotatable bonds is 1. The molecule has 1 rings (SSSR count). The molecule has 0 aliphatic rings. The molecule has 2 N–H and O–H groups in total. The summed E-state index contributed by atoms with van der Waals surface area (Å²) in [6, 6.07) is 5.85. The third kappa shape index (κ3) is 7.11. The topological polar surface area (TPSA) is 43.1 Å². The van der Waals surface area contributed by atoms with Crippen molar-refractivity contribution in [3.8, 4) is 0 Å². The monoisotopic (exact) mass is 229 g/mol. The minimum absolute atomic E-state index is 0.109. The van der Waals surface area contributed by atoms with E-state index in [4.69, 9.17) is 5.14 Å². The minimum atomic E-state index is -0.465. The van der Waals surface area contributed by atoms with Crippen LogP contribution in [0.25, 0.3) is 0 Å². The lowest BCUT2D eigenvalue weighted by Gasteiger charge is -2.11. The van der Waals surface area contributed by atoms with Crippen molar-refractivity contribution in [2.75, 3.05) is 0 Å². The SMILES string of the molecule is CC(C)(C)SN.O=Cc1ccccc1F. The molecule has 0 radical (unpaired) electrons. The molecule has 0 unspecified atom stereocenters. The van der Waals surface area contributed by atoms with Gasteiger partial charge in [0.1, 0.15) is 5.82 Å². The van der Waals surface area contributed by atoms with Crippen LogP contribution in [0.5, 0.6) is 0 Å². The van der Waals surface area contributed by atoms with Gasteiger partial charge in [-0.3, -0.25) is 9.93 Å². The molecule has 0 fully saturated rings. The van der Waals surface area contributed by atoms with Crippen molar-refractivity contribution in [2.45, 2.75) is 25.5 Å². The van der Waals surface area contributed by atoms with Crippen LogP contribution in [0.1, 0.15) is 31.1 Å². The molecular formula is C11H16FNOS. The van der Waals surface area contributed by atoms with Crippen LogP contribution >= 0.6 is 11.9 Å². The van der Waals surface area contributed by atoms with Gasteiger partial charge in [-0.2, -0.15) is 0 Å². The van der Waals surface area contributed by atoms with Crippen molar-refractivity contribution in [1.29, 1.82) is 0 Å². The molecule has 4 heteroatoms. The number of halogens is 1. The first-order chi connectivity index (χ1) is 6.90. The van der Waals surface area contributed by atoms with Crippen molar-refractivity contribution in [2.24, 2.45) is 5.14 Å². The molecule has 0 amide bonds. The number of carbonyl (C=O) groups is 1. The normalized spacial score (nSPS) is 10.2. The maximum atomic E-state index is 12.4. The molecule has 0 saturated heterocycles. The van der Waals surface area contributed by atoms with Gasteiger partial charge < -0.3 is 0 Å². The minimum Gasteiger partial charge on any atom is -0.298 e. The van der Waals surface area contributed by atoms with Gasteiger partial charge in [-0.05, 0) is 32.9 Å². The van der Waals surface area contributed by atoms with Crippen LogP contribution in [0.15, 0.2) is 24.3 Å². The quantitative estimate of drug-likeness (QED) is 0.594. The molecule has 0 atom stereocenters. The van der Waals surface area contributed by atoms with E-state index >= 15 is 0 Å². The van der Waals surface area contributed by atoms with E-state index in [2.05, 4.69) is 20.8 Å². The van der Waals surface area contributed by atoms with Crippen LogP contribution in [0.4, 0.5) is 4.39 Å². The number of hydrogen-bond acceptors (Lipinski definition) is 3. The van der Waals surface area contributed by atoms with Crippen molar-refractivity contribution in [3.05, 3.63) is 35.6 Å². The Morgan fingerprint density at radius 2 is 1.80 bits per heavy atom. The highest BCUT2D eigenvalue weighted by Crippen LogP contribution is 2.15. The predicted octanol–water partition coefficient (Wildman–Crippen LogP) is 3.03. The molecule has 1 aromatic rings. The summed E-state index contributed by atoms with van der Waals surface area (Å²) < 4.78 is 12.6. The summed E-state index contributed by atoms with van der Waals surface area (Å²) in [5.41, 5.74) is 0.109. The Morgan fingerprint density at radius 1 is 1.33 bits per heavy atom. The van der Waals surface area contributed by atoms with E-state index < -0.39 is 5.82 Å². The zero-order valence-electron chi connectivity index (χ0n) is 9.16.